The zero-order valence-corrected chi connectivity index (χ0v) is 17.3. The summed E-state index contributed by atoms with van der Waals surface area (Å²) < 4.78 is 24.3. The third-order valence-electron chi connectivity index (χ3n) is 6.49. The van der Waals surface area contributed by atoms with Crippen molar-refractivity contribution in [2.75, 3.05) is 0 Å². The van der Waals surface area contributed by atoms with Crippen molar-refractivity contribution in [3.05, 3.63) is 102 Å². The van der Waals surface area contributed by atoms with Gasteiger partial charge in [-0.05, 0) is 66.8 Å². The monoisotopic (exact) mass is 405 g/mol. The summed E-state index contributed by atoms with van der Waals surface area (Å²) in [7, 11) is 0. The van der Waals surface area contributed by atoms with E-state index in [4.69, 9.17) is 12.1 Å². The Morgan fingerprint density at radius 3 is 2.16 bits per heavy atom. The van der Waals surface area contributed by atoms with Gasteiger partial charge in [-0.15, -0.1) is 0 Å². The van der Waals surface area contributed by atoms with Crippen LogP contribution in [0.1, 0.15) is 51.3 Å². The summed E-state index contributed by atoms with van der Waals surface area (Å²) in [5.74, 6) is -1.30. The first kappa shape index (κ1) is 16.3. The molecule has 3 aromatic carbocycles. The number of fused-ring (bicyclic) bond motifs is 3. The second-order valence-electron chi connectivity index (χ2n) is 8.29. The fraction of sp³-hybridized carbons (Fsp3) is 0.207. The maximum absolute atomic E-state index is 9.14. The lowest BCUT2D eigenvalue weighted by atomic mass is 9.76. The van der Waals surface area contributed by atoms with Crippen LogP contribution in [0.5, 0.6) is 0 Å². The van der Waals surface area contributed by atoms with Crippen LogP contribution in [-0.4, -0.2) is 4.98 Å². The zero-order valence-electron chi connectivity index (χ0n) is 19.3. The molecule has 0 atom stereocenters. The van der Waals surface area contributed by atoms with E-state index >= 15 is 0 Å². The van der Waals surface area contributed by atoms with Crippen molar-refractivity contribution in [2.45, 2.75) is 37.5 Å². The van der Waals surface area contributed by atoms with Crippen LogP contribution in [0, 0.1) is 0 Å². The minimum atomic E-state index is -0.698. The molecule has 5 aromatic rings. The van der Waals surface area contributed by atoms with Gasteiger partial charge in [-0.25, -0.2) is 0 Å². The van der Waals surface area contributed by atoms with E-state index < -0.39 is 11.8 Å². The first-order valence-corrected chi connectivity index (χ1v) is 11.0. The van der Waals surface area contributed by atoms with Gasteiger partial charge in [-0.1, -0.05) is 66.7 Å². The van der Waals surface area contributed by atoms with Gasteiger partial charge in [0.05, 0.1) is 5.69 Å². The molecule has 2 heteroatoms. The van der Waals surface area contributed by atoms with E-state index in [1.54, 1.807) is 0 Å². The topological polar surface area (TPSA) is 26.0 Å². The van der Waals surface area contributed by atoms with Crippen LogP contribution < -0.4 is 0 Å². The summed E-state index contributed by atoms with van der Waals surface area (Å²) in [6.07, 6.45) is 4.53. The lowest BCUT2D eigenvalue weighted by Crippen LogP contribution is -2.12. The summed E-state index contributed by atoms with van der Waals surface area (Å²) in [6.45, 7) is 0. The van der Waals surface area contributed by atoms with Gasteiger partial charge in [0.25, 0.3) is 0 Å². The van der Waals surface area contributed by atoms with Gasteiger partial charge >= 0.3 is 0 Å². The molecule has 0 amide bonds. The average Bonchev–Trinajstić information content (AvgIpc) is 3.26. The molecule has 0 N–H and O–H groups in total. The molecule has 1 fully saturated rings. The number of pyridine rings is 1. The molecule has 2 aromatic heterocycles. The van der Waals surface area contributed by atoms with Crippen LogP contribution in [-0.2, 0) is 0 Å². The molecule has 0 spiro atoms. The molecular formula is C29H25NO. The Morgan fingerprint density at radius 2 is 1.39 bits per heavy atom. The Morgan fingerprint density at radius 1 is 0.677 bits per heavy atom. The van der Waals surface area contributed by atoms with Crippen molar-refractivity contribution in [3.8, 4) is 11.3 Å². The van der Waals surface area contributed by atoms with E-state index in [-0.39, 0.29) is 0 Å². The highest BCUT2D eigenvalue weighted by Gasteiger charge is 2.23. The number of nitrogens with zero attached hydrogens (tertiary/aromatic N) is 1. The van der Waals surface area contributed by atoms with E-state index in [1.165, 1.54) is 0 Å². The van der Waals surface area contributed by atoms with Crippen LogP contribution >= 0.6 is 0 Å². The quantitative estimate of drug-likeness (QED) is 0.303. The predicted octanol–water partition coefficient (Wildman–Crippen LogP) is 8.09. The average molecular weight is 406 g/mol. The van der Waals surface area contributed by atoms with Crippen molar-refractivity contribution < 1.29 is 7.16 Å². The largest absolute Gasteiger partial charge is 0.455 e. The van der Waals surface area contributed by atoms with Crippen LogP contribution in [0.4, 0.5) is 0 Å². The van der Waals surface area contributed by atoms with E-state index in [0.717, 1.165) is 44.3 Å². The Hall–Kier alpha value is -3.39. The molecular weight excluding hydrogens is 378 g/mol. The second kappa shape index (κ2) is 7.70. The van der Waals surface area contributed by atoms with Gasteiger partial charge in [-0.3, -0.25) is 4.98 Å². The van der Waals surface area contributed by atoms with Crippen molar-refractivity contribution in [1.82, 2.24) is 4.98 Å². The molecule has 0 saturated heterocycles. The van der Waals surface area contributed by atoms with Crippen molar-refractivity contribution in [1.29, 1.82) is 0 Å². The van der Waals surface area contributed by atoms with Crippen molar-refractivity contribution in [2.24, 2.45) is 0 Å². The maximum Gasteiger partial charge on any atom is 0.144 e. The molecule has 6 rings (SSSR count). The van der Waals surface area contributed by atoms with E-state index in [9.17, 15) is 0 Å². The number of benzene rings is 3. The third-order valence-corrected chi connectivity index (χ3v) is 6.49. The molecule has 31 heavy (non-hydrogen) atoms. The number of rotatable bonds is 3. The van der Waals surface area contributed by atoms with Gasteiger partial charge < -0.3 is 4.42 Å². The molecule has 152 valence electrons. The summed E-state index contributed by atoms with van der Waals surface area (Å²) in [5, 5.41) is 2.20. The minimum absolute atomic E-state index is 0.601. The minimum Gasteiger partial charge on any atom is -0.455 e. The molecule has 2 heterocycles. The van der Waals surface area contributed by atoms with Crippen LogP contribution in [0.15, 0.2) is 95.5 Å². The Kier molecular flexibility index (Phi) is 4.05. The van der Waals surface area contributed by atoms with Crippen LogP contribution in [0.3, 0.4) is 0 Å². The molecule has 1 aliphatic carbocycles. The summed E-state index contributed by atoms with van der Waals surface area (Å²) >= 11 is 0. The van der Waals surface area contributed by atoms with Gasteiger partial charge in [0.1, 0.15) is 11.2 Å². The van der Waals surface area contributed by atoms with Gasteiger partial charge in [-0.2, -0.15) is 0 Å². The standard InChI is InChI=1S/C29H25NO/c1-2-7-20(8-3-1)21-13-15-22(16-14-21)23-17-18-27(30-19-23)26-11-6-10-25-24-9-4-5-12-28(24)31-29(25)26/h1-12,17-19,21-22H,13-16H2/i21D,22D. The highest BCUT2D eigenvalue weighted by molar-refractivity contribution is 6.09. The molecule has 0 bridgehead atoms. The summed E-state index contributed by atoms with van der Waals surface area (Å²) in [5.41, 5.74) is 5.52. The Labute approximate surface area is 185 Å². The number of hydrogen-bond acceptors (Lipinski definition) is 2. The fourth-order valence-corrected chi connectivity index (χ4v) is 4.82. The highest BCUT2D eigenvalue weighted by atomic mass is 16.3. The van der Waals surface area contributed by atoms with Crippen LogP contribution in [0.25, 0.3) is 33.2 Å². The SMILES string of the molecule is [2H]C1(c2ccccc2)CCC([2H])(c2ccc(-c3cccc4c3oc3ccccc34)nc2)CC1. The van der Waals surface area contributed by atoms with Crippen molar-refractivity contribution in [3.63, 3.8) is 0 Å². The highest BCUT2D eigenvalue weighted by Crippen LogP contribution is 2.41. The van der Waals surface area contributed by atoms with E-state index in [2.05, 4.69) is 12.1 Å². The zero-order chi connectivity index (χ0) is 22.5. The fourth-order valence-electron chi connectivity index (χ4n) is 4.82. The maximum atomic E-state index is 9.14. The smallest absolute Gasteiger partial charge is 0.144 e. The number of furan rings is 1. The number of aromatic nitrogens is 1. The number of hydrogen-bond donors (Lipinski definition) is 0. The molecule has 1 aliphatic rings. The Bertz CT molecular complexity index is 1430. The molecule has 1 saturated carbocycles. The molecule has 0 radical (unpaired) electrons. The first-order chi connectivity index (χ1) is 16.1. The van der Waals surface area contributed by atoms with E-state index in [0.29, 0.717) is 25.7 Å². The lowest BCUT2D eigenvalue weighted by molar-refractivity contribution is 0.396. The van der Waals surface area contributed by atoms with Gasteiger partial charge in [0.2, 0.25) is 0 Å². The summed E-state index contributed by atoms with van der Waals surface area (Å²) in [6, 6.07) is 28.4. The normalized spacial score (nSPS) is 24.8. The molecule has 0 aliphatic heterocycles. The van der Waals surface area contributed by atoms with Crippen LogP contribution in [0.2, 0.25) is 0 Å². The number of para-hydroxylation sites is 2. The second-order valence-corrected chi connectivity index (χ2v) is 8.29. The Balaban J connectivity index is 1.29. The third kappa shape index (κ3) is 3.33. The first-order valence-electron chi connectivity index (χ1n) is 12.0. The molecule has 2 nitrogen and oxygen atoms in total. The lowest BCUT2D eigenvalue weighted by Gasteiger charge is -2.29. The van der Waals surface area contributed by atoms with Crippen molar-refractivity contribution >= 4 is 21.9 Å². The van der Waals surface area contributed by atoms with Gasteiger partial charge in [0.15, 0.2) is 0 Å². The van der Waals surface area contributed by atoms with E-state index in [1.807, 2.05) is 79.0 Å². The van der Waals surface area contributed by atoms with Gasteiger partial charge in [0, 0.05) is 25.3 Å². The molecule has 0 unspecified atom stereocenters. The predicted molar refractivity (Wildman–Crippen MR) is 127 cm³/mol. The summed E-state index contributed by atoms with van der Waals surface area (Å²) in [4.78, 5) is 4.76.